The van der Waals surface area contributed by atoms with E-state index in [-0.39, 0.29) is 11.5 Å². The van der Waals surface area contributed by atoms with Crippen LogP contribution in [0.3, 0.4) is 0 Å². The molecule has 0 saturated carbocycles. The van der Waals surface area contributed by atoms with Gasteiger partial charge in [0.05, 0.1) is 11.2 Å². The largest absolute Gasteiger partial charge is 0.369 e. The standard InChI is InChI=1S/C13H8BrF2N3/c14-8-3-1-2-4-10(8)19-11-6-7(15)5-9(16)12(11)18-13(19)17/h1-6H,(H2,17,18). The molecular weight excluding hydrogens is 316 g/mol. The summed E-state index contributed by atoms with van der Waals surface area (Å²) in [6.07, 6.45) is 0. The van der Waals surface area contributed by atoms with Gasteiger partial charge in [0.15, 0.2) is 5.82 Å². The number of benzene rings is 2. The molecule has 1 heterocycles. The molecule has 96 valence electrons. The molecule has 2 aromatic carbocycles. The van der Waals surface area contributed by atoms with Crippen molar-refractivity contribution in [2.24, 2.45) is 0 Å². The molecule has 3 rings (SSSR count). The maximum atomic E-state index is 13.7. The van der Waals surface area contributed by atoms with E-state index in [1.165, 1.54) is 10.6 Å². The monoisotopic (exact) mass is 323 g/mol. The average molecular weight is 324 g/mol. The molecule has 0 amide bonds. The number of nitrogens with zero attached hydrogens (tertiary/aromatic N) is 2. The number of rotatable bonds is 1. The van der Waals surface area contributed by atoms with Crippen molar-refractivity contribution in [2.45, 2.75) is 0 Å². The highest BCUT2D eigenvalue weighted by molar-refractivity contribution is 9.10. The molecule has 0 aliphatic heterocycles. The number of halogens is 3. The Labute approximate surface area is 115 Å². The number of fused-ring (bicyclic) bond motifs is 1. The van der Waals surface area contributed by atoms with Gasteiger partial charge < -0.3 is 5.73 Å². The first-order chi connectivity index (χ1) is 9.08. The predicted octanol–water partition coefficient (Wildman–Crippen LogP) is 3.65. The molecule has 0 spiro atoms. The van der Waals surface area contributed by atoms with Crippen molar-refractivity contribution < 1.29 is 8.78 Å². The van der Waals surface area contributed by atoms with E-state index in [9.17, 15) is 8.78 Å². The highest BCUT2D eigenvalue weighted by Crippen LogP contribution is 2.29. The molecule has 0 saturated heterocycles. The second kappa shape index (κ2) is 4.31. The van der Waals surface area contributed by atoms with Crippen LogP contribution in [0.2, 0.25) is 0 Å². The molecule has 0 fully saturated rings. The summed E-state index contributed by atoms with van der Waals surface area (Å²) in [4.78, 5) is 3.95. The molecule has 3 aromatic rings. The van der Waals surface area contributed by atoms with Crippen molar-refractivity contribution in [1.82, 2.24) is 9.55 Å². The average Bonchev–Trinajstić information content (AvgIpc) is 2.67. The lowest BCUT2D eigenvalue weighted by molar-refractivity contribution is 0.590. The Balaban J connectivity index is 2.42. The number of nitrogens with two attached hydrogens (primary N) is 1. The van der Waals surface area contributed by atoms with Gasteiger partial charge in [-0.3, -0.25) is 4.57 Å². The van der Waals surface area contributed by atoms with E-state index in [1.54, 1.807) is 12.1 Å². The molecule has 0 unspecified atom stereocenters. The normalized spacial score (nSPS) is 11.1. The fourth-order valence-corrected chi connectivity index (χ4v) is 2.47. The highest BCUT2D eigenvalue weighted by Gasteiger charge is 2.16. The third-order valence-electron chi connectivity index (χ3n) is 2.80. The Morgan fingerprint density at radius 2 is 1.89 bits per heavy atom. The van der Waals surface area contributed by atoms with Gasteiger partial charge in [-0.2, -0.15) is 0 Å². The molecule has 0 aliphatic carbocycles. The number of aromatic nitrogens is 2. The maximum Gasteiger partial charge on any atom is 0.206 e. The van der Waals surface area contributed by atoms with E-state index in [0.717, 1.165) is 10.5 Å². The summed E-state index contributed by atoms with van der Waals surface area (Å²) in [5.74, 6) is -1.29. The first-order valence-electron chi connectivity index (χ1n) is 5.46. The summed E-state index contributed by atoms with van der Waals surface area (Å²) in [7, 11) is 0. The van der Waals surface area contributed by atoms with Crippen LogP contribution in [0.5, 0.6) is 0 Å². The van der Waals surface area contributed by atoms with Crippen molar-refractivity contribution in [3.05, 3.63) is 52.5 Å². The van der Waals surface area contributed by atoms with E-state index in [0.29, 0.717) is 11.2 Å². The van der Waals surface area contributed by atoms with Crippen LogP contribution >= 0.6 is 15.9 Å². The van der Waals surface area contributed by atoms with E-state index < -0.39 is 11.6 Å². The van der Waals surface area contributed by atoms with Gasteiger partial charge in [-0.25, -0.2) is 13.8 Å². The molecule has 0 aliphatic rings. The Morgan fingerprint density at radius 1 is 1.16 bits per heavy atom. The molecule has 1 aromatic heterocycles. The zero-order valence-corrected chi connectivity index (χ0v) is 11.2. The summed E-state index contributed by atoms with van der Waals surface area (Å²) >= 11 is 3.38. The van der Waals surface area contributed by atoms with Crippen molar-refractivity contribution in [2.75, 3.05) is 5.73 Å². The Bertz CT molecular complexity index is 783. The van der Waals surface area contributed by atoms with Gasteiger partial charge in [0.25, 0.3) is 0 Å². The van der Waals surface area contributed by atoms with Crippen molar-refractivity contribution >= 4 is 32.9 Å². The van der Waals surface area contributed by atoms with Crippen LogP contribution in [0.15, 0.2) is 40.9 Å². The molecule has 0 atom stereocenters. The predicted molar refractivity (Wildman–Crippen MR) is 73.1 cm³/mol. The number of nitrogen functional groups attached to an aromatic ring is 1. The van der Waals surface area contributed by atoms with Crippen LogP contribution in [0, 0.1) is 11.6 Å². The van der Waals surface area contributed by atoms with Crippen molar-refractivity contribution in [3.63, 3.8) is 0 Å². The van der Waals surface area contributed by atoms with Crippen LogP contribution in [0.1, 0.15) is 0 Å². The fourth-order valence-electron chi connectivity index (χ4n) is 2.01. The second-order valence-electron chi connectivity index (χ2n) is 4.01. The number of imidazole rings is 1. The van der Waals surface area contributed by atoms with Gasteiger partial charge in [-0.15, -0.1) is 0 Å². The lowest BCUT2D eigenvalue weighted by atomic mass is 10.2. The summed E-state index contributed by atoms with van der Waals surface area (Å²) in [6, 6.07) is 9.24. The molecule has 6 heteroatoms. The number of hydrogen-bond acceptors (Lipinski definition) is 2. The highest BCUT2D eigenvalue weighted by atomic mass is 79.9. The SMILES string of the molecule is Nc1nc2c(F)cc(F)cc2n1-c1ccccc1Br. The van der Waals surface area contributed by atoms with E-state index in [1.807, 2.05) is 12.1 Å². The van der Waals surface area contributed by atoms with Gasteiger partial charge in [0.2, 0.25) is 5.95 Å². The van der Waals surface area contributed by atoms with Gasteiger partial charge in [-0.05, 0) is 28.1 Å². The minimum Gasteiger partial charge on any atom is -0.369 e. The number of anilines is 1. The quantitative estimate of drug-likeness (QED) is 0.742. The smallest absolute Gasteiger partial charge is 0.206 e. The molecule has 3 nitrogen and oxygen atoms in total. The Hall–Kier alpha value is -1.95. The first kappa shape index (κ1) is 12.1. The molecule has 19 heavy (non-hydrogen) atoms. The van der Waals surface area contributed by atoms with Crippen LogP contribution < -0.4 is 5.73 Å². The van der Waals surface area contributed by atoms with Gasteiger partial charge in [0, 0.05) is 16.6 Å². The maximum absolute atomic E-state index is 13.7. The van der Waals surface area contributed by atoms with Crippen molar-refractivity contribution in [1.29, 1.82) is 0 Å². The lowest BCUT2D eigenvalue weighted by Crippen LogP contribution is -2.01. The van der Waals surface area contributed by atoms with Crippen molar-refractivity contribution in [3.8, 4) is 5.69 Å². The Morgan fingerprint density at radius 3 is 2.63 bits per heavy atom. The minimum absolute atomic E-state index is 0.0506. The summed E-state index contributed by atoms with van der Waals surface area (Å²) in [6.45, 7) is 0. The van der Waals surface area contributed by atoms with E-state index in [2.05, 4.69) is 20.9 Å². The van der Waals surface area contributed by atoms with E-state index >= 15 is 0 Å². The van der Waals surface area contributed by atoms with Crippen LogP contribution in [-0.2, 0) is 0 Å². The molecule has 0 bridgehead atoms. The lowest BCUT2D eigenvalue weighted by Gasteiger charge is -2.08. The summed E-state index contributed by atoms with van der Waals surface area (Å²) in [5, 5.41) is 0. The fraction of sp³-hybridized carbons (Fsp3) is 0. The molecule has 2 N–H and O–H groups in total. The molecule has 0 radical (unpaired) electrons. The van der Waals surface area contributed by atoms with Crippen LogP contribution in [0.4, 0.5) is 14.7 Å². The van der Waals surface area contributed by atoms with Crippen LogP contribution in [-0.4, -0.2) is 9.55 Å². The third-order valence-corrected chi connectivity index (χ3v) is 3.47. The topological polar surface area (TPSA) is 43.8 Å². The first-order valence-corrected chi connectivity index (χ1v) is 6.25. The zero-order valence-electron chi connectivity index (χ0n) is 9.57. The van der Waals surface area contributed by atoms with Gasteiger partial charge >= 0.3 is 0 Å². The summed E-state index contributed by atoms with van der Waals surface area (Å²) < 4.78 is 29.3. The second-order valence-corrected chi connectivity index (χ2v) is 4.87. The number of para-hydroxylation sites is 1. The zero-order chi connectivity index (χ0) is 13.6. The molecular formula is C13H8BrF2N3. The van der Waals surface area contributed by atoms with Gasteiger partial charge in [-0.1, -0.05) is 12.1 Å². The van der Waals surface area contributed by atoms with E-state index in [4.69, 9.17) is 5.73 Å². The number of hydrogen-bond donors (Lipinski definition) is 1. The Kier molecular flexibility index (Phi) is 2.74. The third kappa shape index (κ3) is 1.88. The minimum atomic E-state index is -0.729. The van der Waals surface area contributed by atoms with Crippen LogP contribution in [0.25, 0.3) is 16.7 Å². The van der Waals surface area contributed by atoms with Gasteiger partial charge in [0.1, 0.15) is 11.3 Å². The summed E-state index contributed by atoms with van der Waals surface area (Å²) in [5.41, 5.74) is 6.83.